The van der Waals surface area contributed by atoms with Crippen LogP contribution in [0.25, 0.3) is 0 Å². The maximum absolute atomic E-state index is 9.59. The first kappa shape index (κ1) is 7.47. The van der Waals surface area contributed by atoms with Crippen molar-refractivity contribution >= 4 is 5.69 Å². The molecule has 0 bridgehead atoms. The van der Waals surface area contributed by atoms with Gasteiger partial charge in [-0.05, 0) is 24.5 Å². The third-order valence-electron chi connectivity index (χ3n) is 2.42. The Morgan fingerprint density at radius 2 is 2.25 bits per heavy atom. The van der Waals surface area contributed by atoms with Gasteiger partial charge in [-0.15, -0.1) is 0 Å². The molecule has 1 aliphatic rings. The van der Waals surface area contributed by atoms with Crippen LogP contribution < -0.4 is 4.90 Å². The van der Waals surface area contributed by atoms with E-state index in [0.29, 0.717) is 5.75 Å². The summed E-state index contributed by atoms with van der Waals surface area (Å²) in [5.41, 5.74) is 2.28. The molecule has 0 aliphatic carbocycles. The molecular formula is C10H13NO. The minimum Gasteiger partial charge on any atom is -0.506 e. The maximum Gasteiger partial charge on any atom is 0.139 e. The standard InChI is InChI=1S/C10H13NO/c1-11-7-3-5-8-4-2-6-9(12)10(8)11/h2,4,6,12H,3,5,7H2,1H3. The molecule has 1 heterocycles. The molecule has 1 aromatic rings. The van der Waals surface area contributed by atoms with Crippen molar-refractivity contribution in [3.8, 4) is 5.75 Å². The number of aryl methyl sites for hydroxylation is 1. The average molecular weight is 163 g/mol. The summed E-state index contributed by atoms with van der Waals surface area (Å²) in [7, 11) is 2.03. The number of hydrogen-bond acceptors (Lipinski definition) is 2. The Hall–Kier alpha value is -1.18. The molecule has 1 N–H and O–H groups in total. The monoisotopic (exact) mass is 163 g/mol. The lowest BCUT2D eigenvalue weighted by Crippen LogP contribution is -2.24. The van der Waals surface area contributed by atoms with Gasteiger partial charge in [0.15, 0.2) is 0 Å². The number of nitrogens with zero attached hydrogens (tertiary/aromatic N) is 1. The van der Waals surface area contributed by atoms with Crippen LogP contribution >= 0.6 is 0 Å². The first-order valence-corrected chi connectivity index (χ1v) is 4.31. The van der Waals surface area contributed by atoms with E-state index >= 15 is 0 Å². The van der Waals surface area contributed by atoms with Gasteiger partial charge in [-0.2, -0.15) is 0 Å². The van der Waals surface area contributed by atoms with Gasteiger partial charge in [0.1, 0.15) is 5.75 Å². The molecular weight excluding hydrogens is 150 g/mol. The van der Waals surface area contributed by atoms with Crippen LogP contribution in [0.2, 0.25) is 0 Å². The van der Waals surface area contributed by atoms with E-state index in [-0.39, 0.29) is 0 Å². The Bertz CT molecular complexity index is 296. The van der Waals surface area contributed by atoms with Crippen molar-refractivity contribution in [3.63, 3.8) is 0 Å². The predicted molar refractivity (Wildman–Crippen MR) is 49.7 cm³/mol. The number of anilines is 1. The summed E-state index contributed by atoms with van der Waals surface area (Å²) in [5, 5.41) is 9.59. The van der Waals surface area contributed by atoms with Gasteiger partial charge in [0, 0.05) is 13.6 Å². The van der Waals surface area contributed by atoms with Crippen molar-refractivity contribution in [2.24, 2.45) is 0 Å². The fraction of sp³-hybridized carbons (Fsp3) is 0.400. The van der Waals surface area contributed by atoms with Gasteiger partial charge in [0.05, 0.1) is 5.69 Å². The van der Waals surface area contributed by atoms with E-state index in [1.54, 1.807) is 6.07 Å². The van der Waals surface area contributed by atoms with Crippen molar-refractivity contribution < 1.29 is 5.11 Å². The quantitative estimate of drug-likeness (QED) is 0.630. The molecule has 2 heteroatoms. The van der Waals surface area contributed by atoms with Gasteiger partial charge in [0.25, 0.3) is 0 Å². The van der Waals surface area contributed by atoms with Gasteiger partial charge in [-0.25, -0.2) is 0 Å². The lowest BCUT2D eigenvalue weighted by molar-refractivity contribution is 0.472. The van der Waals surface area contributed by atoms with Crippen LogP contribution in [-0.2, 0) is 6.42 Å². The largest absolute Gasteiger partial charge is 0.506 e. The second kappa shape index (κ2) is 2.70. The SMILES string of the molecule is CN1CCCc2cccc(O)c21. The topological polar surface area (TPSA) is 23.5 Å². The van der Waals surface area contributed by atoms with Gasteiger partial charge in [-0.1, -0.05) is 12.1 Å². The van der Waals surface area contributed by atoms with Crippen LogP contribution in [0.4, 0.5) is 5.69 Å². The summed E-state index contributed by atoms with van der Waals surface area (Å²) in [5.74, 6) is 0.412. The highest BCUT2D eigenvalue weighted by molar-refractivity contribution is 5.64. The van der Waals surface area contributed by atoms with Crippen molar-refractivity contribution in [2.75, 3.05) is 18.5 Å². The van der Waals surface area contributed by atoms with E-state index in [0.717, 1.165) is 18.7 Å². The predicted octanol–water partition coefficient (Wildman–Crippen LogP) is 1.77. The molecule has 0 atom stereocenters. The molecule has 1 aliphatic heterocycles. The summed E-state index contributed by atoms with van der Waals surface area (Å²) in [4.78, 5) is 2.12. The van der Waals surface area contributed by atoms with Gasteiger partial charge in [0.2, 0.25) is 0 Å². The first-order valence-electron chi connectivity index (χ1n) is 4.31. The van der Waals surface area contributed by atoms with Crippen molar-refractivity contribution in [1.82, 2.24) is 0 Å². The molecule has 0 aromatic heterocycles. The zero-order valence-electron chi connectivity index (χ0n) is 7.25. The van der Waals surface area contributed by atoms with Crippen molar-refractivity contribution in [2.45, 2.75) is 12.8 Å². The molecule has 12 heavy (non-hydrogen) atoms. The molecule has 0 fully saturated rings. The number of aromatic hydroxyl groups is 1. The Morgan fingerprint density at radius 1 is 1.42 bits per heavy atom. The summed E-state index contributed by atoms with van der Waals surface area (Å²) in [6, 6.07) is 5.75. The van der Waals surface area contributed by atoms with E-state index in [1.807, 2.05) is 13.1 Å². The number of hydrogen-bond donors (Lipinski definition) is 1. The molecule has 0 saturated heterocycles. The zero-order valence-corrected chi connectivity index (χ0v) is 7.25. The highest BCUT2D eigenvalue weighted by Crippen LogP contribution is 2.33. The summed E-state index contributed by atoms with van der Waals surface area (Å²) in [6.07, 6.45) is 2.28. The maximum atomic E-state index is 9.59. The molecule has 64 valence electrons. The van der Waals surface area contributed by atoms with Crippen LogP contribution in [0.3, 0.4) is 0 Å². The van der Waals surface area contributed by atoms with Crippen molar-refractivity contribution in [1.29, 1.82) is 0 Å². The summed E-state index contributed by atoms with van der Waals surface area (Å²) < 4.78 is 0. The van der Waals surface area contributed by atoms with E-state index in [1.165, 1.54) is 12.0 Å². The first-order chi connectivity index (χ1) is 5.79. The molecule has 0 saturated carbocycles. The van der Waals surface area contributed by atoms with Crippen LogP contribution in [0, 0.1) is 0 Å². The Morgan fingerprint density at radius 3 is 3.00 bits per heavy atom. The Labute approximate surface area is 72.4 Å². The summed E-state index contributed by atoms with van der Waals surface area (Å²) >= 11 is 0. The highest BCUT2D eigenvalue weighted by atomic mass is 16.3. The fourth-order valence-electron chi connectivity index (χ4n) is 1.84. The van der Waals surface area contributed by atoms with E-state index in [4.69, 9.17) is 0 Å². The minimum atomic E-state index is 0.412. The van der Waals surface area contributed by atoms with Gasteiger partial charge in [-0.3, -0.25) is 0 Å². The van der Waals surface area contributed by atoms with Crippen LogP contribution in [0.1, 0.15) is 12.0 Å². The highest BCUT2D eigenvalue weighted by Gasteiger charge is 2.15. The number of phenols is 1. The molecule has 2 rings (SSSR count). The van der Waals surface area contributed by atoms with Gasteiger partial charge < -0.3 is 10.0 Å². The number of benzene rings is 1. The second-order valence-electron chi connectivity index (χ2n) is 3.31. The molecule has 0 radical (unpaired) electrons. The van der Waals surface area contributed by atoms with Crippen LogP contribution in [-0.4, -0.2) is 18.7 Å². The third kappa shape index (κ3) is 1.04. The smallest absolute Gasteiger partial charge is 0.139 e. The number of rotatable bonds is 0. The molecule has 1 aromatic carbocycles. The molecule has 2 nitrogen and oxygen atoms in total. The zero-order chi connectivity index (χ0) is 8.55. The fourth-order valence-corrected chi connectivity index (χ4v) is 1.84. The van der Waals surface area contributed by atoms with E-state index < -0.39 is 0 Å². The lowest BCUT2D eigenvalue weighted by atomic mass is 10.0. The minimum absolute atomic E-state index is 0.412. The number of phenolic OH excluding ortho intramolecular Hbond substituents is 1. The van der Waals surface area contributed by atoms with Crippen molar-refractivity contribution in [3.05, 3.63) is 23.8 Å². The molecule has 0 spiro atoms. The van der Waals surface area contributed by atoms with Crippen LogP contribution in [0.5, 0.6) is 5.75 Å². The van der Waals surface area contributed by atoms with E-state index in [2.05, 4.69) is 11.0 Å². The van der Waals surface area contributed by atoms with Crippen LogP contribution in [0.15, 0.2) is 18.2 Å². The van der Waals surface area contributed by atoms with E-state index in [9.17, 15) is 5.11 Å². The van der Waals surface area contributed by atoms with Gasteiger partial charge >= 0.3 is 0 Å². The molecule has 0 amide bonds. The third-order valence-corrected chi connectivity index (χ3v) is 2.42. The normalized spacial score (nSPS) is 15.9. The molecule has 0 unspecified atom stereocenters. The lowest BCUT2D eigenvalue weighted by Gasteiger charge is -2.27. The Kier molecular flexibility index (Phi) is 1.68. The Balaban J connectivity index is 2.53. The average Bonchev–Trinajstić information content (AvgIpc) is 2.04. The summed E-state index contributed by atoms with van der Waals surface area (Å²) in [6.45, 7) is 1.05. The second-order valence-corrected chi connectivity index (χ2v) is 3.31. The number of fused-ring (bicyclic) bond motifs is 1. The number of para-hydroxylation sites is 1.